The highest BCUT2D eigenvalue weighted by molar-refractivity contribution is 6.31. The van der Waals surface area contributed by atoms with Crippen LogP contribution in [0.15, 0.2) is 59.0 Å². The van der Waals surface area contributed by atoms with E-state index in [0.29, 0.717) is 28.8 Å². The maximum Gasteiger partial charge on any atom is 0.291 e. The highest BCUT2D eigenvalue weighted by atomic mass is 35.5. The van der Waals surface area contributed by atoms with Gasteiger partial charge in [-0.05, 0) is 49.7 Å². The number of amides is 1. The topological polar surface area (TPSA) is 51.5 Å². The van der Waals surface area contributed by atoms with Crippen LogP contribution in [0.1, 0.15) is 23.0 Å². The molecular weight excluding hydrogens is 338 g/mol. The zero-order valence-electron chi connectivity index (χ0n) is 14.0. The van der Waals surface area contributed by atoms with Gasteiger partial charge in [-0.25, -0.2) is 0 Å². The van der Waals surface area contributed by atoms with Gasteiger partial charge in [-0.1, -0.05) is 35.9 Å². The average molecular weight is 356 g/mol. The normalized spacial score (nSPS) is 10.5. The molecule has 3 rings (SSSR count). The van der Waals surface area contributed by atoms with E-state index in [4.69, 9.17) is 20.8 Å². The number of furan rings is 1. The molecule has 0 radical (unpaired) electrons. The van der Waals surface area contributed by atoms with Gasteiger partial charge in [0.1, 0.15) is 11.5 Å². The first-order valence-electron chi connectivity index (χ1n) is 7.98. The van der Waals surface area contributed by atoms with Crippen molar-refractivity contribution in [1.82, 2.24) is 0 Å². The molecule has 1 heterocycles. The zero-order valence-corrected chi connectivity index (χ0v) is 14.8. The molecule has 0 atom stereocenters. The van der Waals surface area contributed by atoms with Crippen LogP contribution in [0, 0.1) is 6.92 Å². The minimum Gasteiger partial charge on any atom is -0.492 e. The highest BCUT2D eigenvalue weighted by Crippen LogP contribution is 2.30. The third-order valence-corrected chi connectivity index (χ3v) is 4.21. The van der Waals surface area contributed by atoms with E-state index < -0.39 is 0 Å². The lowest BCUT2D eigenvalue weighted by Gasteiger charge is -2.10. The smallest absolute Gasteiger partial charge is 0.291 e. The fraction of sp³-hybridized carbons (Fsp3) is 0.150. The summed E-state index contributed by atoms with van der Waals surface area (Å²) in [5.74, 6) is 1.11. The monoisotopic (exact) mass is 355 g/mol. The van der Waals surface area contributed by atoms with E-state index in [-0.39, 0.29) is 11.7 Å². The second-order valence-corrected chi connectivity index (χ2v) is 5.87. The summed E-state index contributed by atoms with van der Waals surface area (Å²) in [6.45, 7) is 4.33. The van der Waals surface area contributed by atoms with E-state index in [1.807, 2.05) is 50.2 Å². The molecule has 2 aromatic carbocycles. The number of para-hydroxylation sites is 2. The lowest BCUT2D eigenvalue weighted by molar-refractivity contribution is 0.0997. The quantitative estimate of drug-likeness (QED) is 0.651. The second-order valence-electron chi connectivity index (χ2n) is 5.46. The molecule has 0 aliphatic heterocycles. The first kappa shape index (κ1) is 17.1. The molecule has 3 aromatic rings. The highest BCUT2D eigenvalue weighted by Gasteiger charge is 2.15. The number of rotatable bonds is 5. The van der Waals surface area contributed by atoms with Crippen LogP contribution in [0.25, 0.3) is 11.3 Å². The van der Waals surface area contributed by atoms with Gasteiger partial charge in [0.15, 0.2) is 5.76 Å². The number of nitrogens with one attached hydrogen (secondary N) is 1. The van der Waals surface area contributed by atoms with E-state index >= 15 is 0 Å². The van der Waals surface area contributed by atoms with Crippen molar-refractivity contribution in [2.75, 3.05) is 11.9 Å². The Kier molecular flexibility index (Phi) is 5.10. The van der Waals surface area contributed by atoms with Crippen LogP contribution >= 0.6 is 11.6 Å². The Balaban J connectivity index is 1.83. The van der Waals surface area contributed by atoms with Crippen LogP contribution in [0.4, 0.5) is 5.69 Å². The average Bonchev–Trinajstić information content (AvgIpc) is 3.09. The van der Waals surface area contributed by atoms with Crippen LogP contribution in [0.5, 0.6) is 5.75 Å². The zero-order chi connectivity index (χ0) is 17.8. The van der Waals surface area contributed by atoms with Crippen LogP contribution in [0.3, 0.4) is 0 Å². The molecule has 1 amide bonds. The number of benzene rings is 2. The van der Waals surface area contributed by atoms with E-state index in [1.165, 1.54) is 0 Å². The molecule has 1 N–H and O–H groups in total. The van der Waals surface area contributed by atoms with Gasteiger partial charge < -0.3 is 14.5 Å². The molecule has 0 fully saturated rings. The Labute approximate surface area is 151 Å². The molecule has 25 heavy (non-hydrogen) atoms. The molecule has 0 saturated carbocycles. The van der Waals surface area contributed by atoms with Crippen molar-refractivity contribution in [1.29, 1.82) is 0 Å². The number of anilines is 1. The van der Waals surface area contributed by atoms with Crippen LogP contribution in [0.2, 0.25) is 5.02 Å². The summed E-state index contributed by atoms with van der Waals surface area (Å²) in [4.78, 5) is 12.5. The number of ether oxygens (including phenoxy) is 1. The Hall–Kier alpha value is -2.72. The largest absolute Gasteiger partial charge is 0.492 e. The molecule has 0 unspecified atom stereocenters. The molecule has 1 aromatic heterocycles. The molecule has 0 saturated heterocycles. The summed E-state index contributed by atoms with van der Waals surface area (Å²) >= 11 is 6.15. The van der Waals surface area contributed by atoms with Crippen molar-refractivity contribution < 1.29 is 13.9 Å². The molecule has 128 valence electrons. The molecule has 4 nitrogen and oxygen atoms in total. The third kappa shape index (κ3) is 3.69. The summed E-state index contributed by atoms with van der Waals surface area (Å²) in [6.07, 6.45) is 0. The SMILES string of the molecule is CCOc1ccccc1NC(=O)c1ccc(-c2cccc(Cl)c2C)o1. The Morgan fingerprint density at radius 2 is 1.92 bits per heavy atom. The Bertz CT molecular complexity index is 901. The molecule has 0 aliphatic carbocycles. The van der Waals surface area contributed by atoms with Crippen molar-refractivity contribution in [2.45, 2.75) is 13.8 Å². The van der Waals surface area contributed by atoms with Gasteiger partial charge in [0, 0.05) is 10.6 Å². The van der Waals surface area contributed by atoms with Crippen LogP contribution < -0.4 is 10.1 Å². The minimum absolute atomic E-state index is 0.223. The third-order valence-electron chi connectivity index (χ3n) is 3.80. The van der Waals surface area contributed by atoms with Gasteiger partial charge >= 0.3 is 0 Å². The molecule has 5 heteroatoms. The first-order valence-corrected chi connectivity index (χ1v) is 8.36. The minimum atomic E-state index is -0.335. The predicted octanol–water partition coefficient (Wildman–Crippen LogP) is 5.56. The van der Waals surface area contributed by atoms with E-state index in [2.05, 4.69) is 5.32 Å². The number of hydrogen-bond donors (Lipinski definition) is 1. The van der Waals surface area contributed by atoms with Crippen molar-refractivity contribution in [2.24, 2.45) is 0 Å². The second kappa shape index (κ2) is 7.45. The lowest BCUT2D eigenvalue weighted by Crippen LogP contribution is -2.12. The number of hydrogen-bond acceptors (Lipinski definition) is 3. The van der Waals surface area contributed by atoms with Gasteiger partial charge in [0.2, 0.25) is 0 Å². The molecular formula is C20H18ClNO3. The fourth-order valence-corrected chi connectivity index (χ4v) is 2.69. The summed E-state index contributed by atoms with van der Waals surface area (Å²) in [5.41, 5.74) is 2.37. The predicted molar refractivity (Wildman–Crippen MR) is 99.5 cm³/mol. The van der Waals surface area contributed by atoms with E-state index in [0.717, 1.165) is 11.1 Å². The van der Waals surface area contributed by atoms with Crippen molar-refractivity contribution in [3.8, 4) is 17.1 Å². The van der Waals surface area contributed by atoms with E-state index in [9.17, 15) is 4.79 Å². The maximum absolute atomic E-state index is 12.5. The first-order chi connectivity index (χ1) is 12.1. The number of carbonyl (C=O) groups excluding carboxylic acids is 1. The van der Waals surface area contributed by atoms with Gasteiger partial charge in [-0.3, -0.25) is 4.79 Å². The fourth-order valence-electron chi connectivity index (χ4n) is 2.51. The van der Waals surface area contributed by atoms with Gasteiger partial charge in [-0.2, -0.15) is 0 Å². The number of halogens is 1. The van der Waals surface area contributed by atoms with Crippen molar-refractivity contribution >= 4 is 23.2 Å². The van der Waals surface area contributed by atoms with Crippen LogP contribution in [-0.2, 0) is 0 Å². The van der Waals surface area contributed by atoms with Gasteiger partial charge in [0.25, 0.3) is 5.91 Å². The maximum atomic E-state index is 12.5. The Morgan fingerprint density at radius 1 is 1.12 bits per heavy atom. The Morgan fingerprint density at radius 3 is 2.72 bits per heavy atom. The van der Waals surface area contributed by atoms with Crippen molar-refractivity contribution in [3.63, 3.8) is 0 Å². The standard InChI is InChI=1S/C20H18ClNO3/c1-3-24-18-10-5-4-9-16(18)22-20(23)19-12-11-17(25-19)14-7-6-8-15(21)13(14)2/h4-12H,3H2,1-2H3,(H,22,23). The van der Waals surface area contributed by atoms with Gasteiger partial charge in [-0.15, -0.1) is 0 Å². The van der Waals surface area contributed by atoms with Gasteiger partial charge in [0.05, 0.1) is 12.3 Å². The van der Waals surface area contributed by atoms with Crippen molar-refractivity contribution in [3.05, 3.63) is 70.9 Å². The summed E-state index contributed by atoms with van der Waals surface area (Å²) in [7, 11) is 0. The summed E-state index contributed by atoms with van der Waals surface area (Å²) < 4.78 is 11.2. The summed E-state index contributed by atoms with van der Waals surface area (Å²) in [5, 5.41) is 3.48. The summed E-state index contributed by atoms with van der Waals surface area (Å²) in [6, 6.07) is 16.3. The lowest BCUT2D eigenvalue weighted by atomic mass is 10.1. The van der Waals surface area contributed by atoms with E-state index in [1.54, 1.807) is 18.2 Å². The molecule has 0 aliphatic rings. The molecule has 0 bridgehead atoms. The number of carbonyl (C=O) groups is 1. The molecule has 0 spiro atoms. The van der Waals surface area contributed by atoms with Crippen LogP contribution in [-0.4, -0.2) is 12.5 Å².